The standard InChI is InChI=1S/C13H11BrClFN2O/c1-17-5-8-2-9(7-18-6-8)19-13-4-12(16)11(15)3-10(13)14/h2-4,6-7,17H,5H2,1H3. The van der Waals surface area contributed by atoms with E-state index < -0.39 is 5.82 Å². The number of aromatic nitrogens is 1. The Labute approximate surface area is 123 Å². The van der Waals surface area contributed by atoms with Crippen LogP contribution in [0.4, 0.5) is 4.39 Å². The zero-order chi connectivity index (χ0) is 13.8. The highest BCUT2D eigenvalue weighted by Crippen LogP contribution is 2.33. The Bertz CT molecular complexity index is 595. The fraction of sp³-hybridized carbons (Fsp3) is 0.154. The molecule has 3 nitrogen and oxygen atoms in total. The summed E-state index contributed by atoms with van der Waals surface area (Å²) in [6, 6.07) is 4.52. The Hall–Kier alpha value is -1.17. The lowest BCUT2D eigenvalue weighted by Gasteiger charge is -2.09. The third kappa shape index (κ3) is 3.65. The van der Waals surface area contributed by atoms with Crippen LogP contribution in [0.25, 0.3) is 0 Å². The Morgan fingerprint density at radius 2 is 2.16 bits per heavy atom. The molecule has 0 bridgehead atoms. The van der Waals surface area contributed by atoms with E-state index in [1.807, 2.05) is 13.1 Å². The molecule has 0 radical (unpaired) electrons. The first-order valence-electron chi connectivity index (χ1n) is 5.51. The molecule has 2 aromatic rings. The summed E-state index contributed by atoms with van der Waals surface area (Å²) < 4.78 is 19.6. The molecule has 1 heterocycles. The van der Waals surface area contributed by atoms with Crippen LogP contribution in [-0.2, 0) is 6.54 Å². The summed E-state index contributed by atoms with van der Waals surface area (Å²) in [5.41, 5.74) is 0.977. The molecule has 1 aromatic carbocycles. The van der Waals surface area contributed by atoms with Crippen LogP contribution in [0.1, 0.15) is 5.56 Å². The molecular weight excluding hydrogens is 335 g/mol. The van der Waals surface area contributed by atoms with E-state index in [0.717, 1.165) is 5.56 Å². The van der Waals surface area contributed by atoms with Crippen molar-refractivity contribution < 1.29 is 9.13 Å². The summed E-state index contributed by atoms with van der Waals surface area (Å²) >= 11 is 8.95. The van der Waals surface area contributed by atoms with Gasteiger partial charge in [0.05, 0.1) is 15.7 Å². The van der Waals surface area contributed by atoms with Crippen LogP contribution >= 0.6 is 27.5 Å². The maximum Gasteiger partial charge on any atom is 0.146 e. The lowest BCUT2D eigenvalue weighted by Crippen LogP contribution is -2.05. The van der Waals surface area contributed by atoms with Crippen molar-refractivity contribution in [3.05, 3.63) is 51.5 Å². The number of nitrogens with one attached hydrogen (secondary N) is 1. The molecule has 0 saturated carbocycles. The van der Waals surface area contributed by atoms with Crippen molar-refractivity contribution in [2.75, 3.05) is 7.05 Å². The average molecular weight is 346 g/mol. The first kappa shape index (κ1) is 14.2. The van der Waals surface area contributed by atoms with E-state index in [4.69, 9.17) is 16.3 Å². The van der Waals surface area contributed by atoms with Gasteiger partial charge in [0.2, 0.25) is 0 Å². The van der Waals surface area contributed by atoms with Crippen molar-refractivity contribution in [1.82, 2.24) is 10.3 Å². The fourth-order valence-corrected chi connectivity index (χ4v) is 2.25. The summed E-state index contributed by atoms with van der Waals surface area (Å²) in [5, 5.41) is 3.06. The second-order valence-electron chi connectivity index (χ2n) is 3.86. The van der Waals surface area contributed by atoms with Gasteiger partial charge in [-0.15, -0.1) is 0 Å². The van der Waals surface area contributed by atoms with Crippen LogP contribution in [0.5, 0.6) is 11.5 Å². The molecule has 0 saturated heterocycles. The predicted molar refractivity (Wildman–Crippen MR) is 76.2 cm³/mol. The minimum Gasteiger partial charge on any atom is -0.454 e. The van der Waals surface area contributed by atoms with Gasteiger partial charge in [-0.3, -0.25) is 4.98 Å². The quantitative estimate of drug-likeness (QED) is 0.845. The molecule has 1 N–H and O–H groups in total. The number of benzene rings is 1. The fourth-order valence-electron chi connectivity index (χ4n) is 1.53. The molecule has 6 heteroatoms. The first-order chi connectivity index (χ1) is 9.10. The highest BCUT2D eigenvalue weighted by molar-refractivity contribution is 9.10. The Kier molecular flexibility index (Phi) is 4.74. The van der Waals surface area contributed by atoms with E-state index >= 15 is 0 Å². The van der Waals surface area contributed by atoms with Gasteiger partial charge >= 0.3 is 0 Å². The van der Waals surface area contributed by atoms with Gasteiger partial charge in [-0.25, -0.2) is 4.39 Å². The van der Waals surface area contributed by atoms with E-state index in [1.165, 1.54) is 12.1 Å². The number of ether oxygens (including phenoxy) is 1. The van der Waals surface area contributed by atoms with Gasteiger partial charge in [-0.05, 0) is 40.7 Å². The molecule has 0 aliphatic rings. The minimum atomic E-state index is -0.529. The zero-order valence-electron chi connectivity index (χ0n) is 10.1. The van der Waals surface area contributed by atoms with Gasteiger partial charge in [0, 0.05) is 18.8 Å². The van der Waals surface area contributed by atoms with Gasteiger partial charge in [0.15, 0.2) is 0 Å². The Balaban J connectivity index is 2.25. The van der Waals surface area contributed by atoms with E-state index in [0.29, 0.717) is 22.5 Å². The second kappa shape index (κ2) is 6.32. The van der Waals surface area contributed by atoms with Crippen LogP contribution in [0.15, 0.2) is 35.1 Å². The molecule has 0 fully saturated rings. The second-order valence-corrected chi connectivity index (χ2v) is 5.12. The number of hydrogen-bond acceptors (Lipinski definition) is 3. The molecule has 100 valence electrons. The molecule has 19 heavy (non-hydrogen) atoms. The maximum atomic E-state index is 13.4. The Morgan fingerprint density at radius 1 is 1.37 bits per heavy atom. The molecular formula is C13H11BrClFN2O. The maximum absolute atomic E-state index is 13.4. The van der Waals surface area contributed by atoms with Crippen molar-refractivity contribution in [2.45, 2.75) is 6.54 Å². The largest absolute Gasteiger partial charge is 0.454 e. The Morgan fingerprint density at radius 3 is 2.89 bits per heavy atom. The van der Waals surface area contributed by atoms with Gasteiger partial charge in [-0.1, -0.05) is 11.6 Å². The van der Waals surface area contributed by atoms with Crippen molar-refractivity contribution in [3.8, 4) is 11.5 Å². The summed E-state index contributed by atoms with van der Waals surface area (Å²) in [5.74, 6) is 0.361. The number of rotatable bonds is 4. The van der Waals surface area contributed by atoms with Gasteiger partial charge in [0.1, 0.15) is 17.3 Å². The van der Waals surface area contributed by atoms with E-state index in [2.05, 4.69) is 26.2 Å². The van der Waals surface area contributed by atoms with Crippen molar-refractivity contribution >= 4 is 27.5 Å². The van der Waals surface area contributed by atoms with Crippen molar-refractivity contribution in [1.29, 1.82) is 0 Å². The van der Waals surface area contributed by atoms with Crippen LogP contribution in [0.2, 0.25) is 5.02 Å². The van der Waals surface area contributed by atoms with E-state index in [1.54, 1.807) is 12.4 Å². The summed E-state index contributed by atoms with van der Waals surface area (Å²) in [6.07, 6.45) is 3.30. The molecule has 0 unspecified atom stereocenters. The number of hydrogen-bond donors (Lipinski definition) is 1. The molecule has 2 rings (SSSR count). The highest BCUT2D eigenvalue weighted by Gasteiger charge is 2.09. The smallest absolute Gasteiger partial charge is 0.146 e. The third-order valence-electron chi connectivity index (χ3n) is 2.35. The normalized spacial score (nSPS) is 10.5. The van der Waals surface area contributed by atoms with Gasteiger partial charge in [0.25, 0.3) is 0 Å². The molecule has 0 spiro atoms. The minimum absolute atomic E-state index is 0.0429. The molecule has 0 atom stereocenters. The highest BCUT2D eigenvalue weighted by atomic mass is 79.9. The topological polar surface area (TPSA) is 34.2 Å². The summed E-state index contributed by atoms with van der Waals surface area (Å²) in [4.78, 5) is 4.07. The molecule has 1 aromatic heterocycles. The van der Waals surface area contributed by atoms with Crippen LogP contribution in [0, 0.1) is 5.82 Å². The third-order valence-corrected chi connectivity index (χ3v) is 3.26. The summed E-state index contributed by atoms with van der Waals surface area (Å²) in [6.45, 7) is 0.681. The van der Waals surface area contributed by atoms with E-state index in [9.17, 15) is 4.39 Å². The molecule has 0 amide bonds. The monoisotopic (exact) mass is 344 g/mol. The molecule has 0 aliphatic heterocycles. The lowest BCUT2D eigenvalue weighted by molar-refractivity contribution is 0.470. The van der Waals surface area contributed by atoms with Gasteiger partial charge < -0.3 is 10.1 Å². The van der Waals surface area contributed by atoms with Crippen molar-refractivity contribution in [2.24, 2.45) is 0 Å². The molecule has 0 aliphatic carbocycles. The van der Waals surface area contributed by atoms with E-state index in [-0.39, 0.29) is 5.02 Å². The number of nitrogens with zero attached hydrogens (tertiary/aromatic N) is 1. The van der Waals surface area contributed by atoms with Crippen LogP contribution in [-0.4, -0.2) is 12.0 Å². The first-order valence-corrected chi connectivity index (χ1v) is 6.68. The number of halogens is 3. The van der Waals surface area contributed by atoms with Crippen LogP contribution < -0.4 is 10.1 Å². The number of pyridine rings is 1. The average Bonchev–Trinajstić information content (AvgIpc) is 2.37. The van der Waals surface area contributed by atoms with Crippen molar-refractivity contribution in [3.63, 3.8) is 0 Å². The lowest BCUT2D eigenvalue weighted by atomic mass is 10.3. The van der Waals surface area contributed by atoms with Crippen LogP contribution in [0.3, 0.4) is 0 Å². The van der Waals surface area contributed by atoms with Gasteiger partial charge in [-0.2, -0.15) is 0 Å². The zero-order valence-corrected chi connectivity index (χ0v) is 12.4. The summed E-state index contributed by atoms with van der Waals surface area (Å²) in [7, 11) is 1.85. The SMILES string of the molecule is CNCc1cncc(Oc2cc(F)c(Cl)cc2Br)c1. The predicted octanol–water partition coefficient (Wildman–Crippen LogP) is 4.15.